The van der Waals surface area contributed by atoms with E-state index in [0.29, 0.717) is 24.1 Å². The Morgan fingerprint density at radius 1 is 0.879 bits per heavy atom. The summed E-state index contributed by atoms with van der Waals surface area (Å²) in [5.74, 6) is 0.873. The Morgan fingerprint density at radius 2 is 1.61 bits per heavy atom. The number of hydrogen-bond donors (Lipinski definition) is 2. The monoisotopic (exact) mass is 445 g/mol. The third kappa shape index (κ3) is 4.17. The van der Waals surface area contributed by atoms with E-state index >= 15 is 0 Å². The van der Waals surface area contributed by atoms with Crippen molar-refractivity contribution in [2.75, 3.05) is 44.7 Å². The number of rotatable bonds is 6. The molecular weight excluding hydrogens is 418 g/mol. The fourth-order valence-corrected chi connectivity index (χ4v) is 4.45. The van der Waals surface area contributed by atoms with Crippen molar-refractivity contribution < 1.29 is 4.74 Å². The average Bonchev–Trinajstić information content (AvgIpc) is 3.29. The molecule has 0 spiro atoms. The summed E-state index contributed by atoms with van der Waals surface area (Å²) in [5.41, 5.74) is 3.16. The number of piperazine rings is 1. The number of fused-ring (bicyclic) bond motifs is 1. The zero-order valence-corrected chi connectivity index (χ0v) is 18.6. The van der Waals surface area contributed by atoms with Crippen LogP contribution in [-0.2, 0) is 6.54 Å². The van der Waals surface area contributed by atoms with Gasteiger partial charge in [0.25, 0.3) is 5.56 Å². The van der Waals surface area contributed by atoms with E-state index in [1.807, 2.05) is 54.6 Å². The highest BCUT2D eigenvalue weighted by atomic mass is 16.5. The summed E-state index contributed by atoms with van der Waals surface area (Å²) in [6.07, 6.45) is 0. The minimum absolute atomic E-state index is 0.288. The van der Waals surface area contributed by atoms with Crippen molar-refractivity contribution in [1.29, 1.82) is 0 Å². The van der Waals surface area contributed by atoms with E-state index in [9.17, 15) is 9.59 Å². The van der Waals surface area contributed by atoms with Gasteiger partial charge in [0.15, 0.2) is 0 Å². The van der Waals surface area contributed by atoms with Crippen molar-refractivity contribution in [2.24, 2.45) is 0 Å². The number of methoxy groups -OCH3 is 1. The Labute approximate surface area is 191 Å². The predicted octanol–water partition coefficient (Wildman–Crippen LogP) is 2.52. The first-order valence-corrected chi connectivity index (χ1v) is 11.2. The molecule has 8 nitrogen and oxygen atoms in total. The van der Waals surface area contributed by atoms with Gasteiger partial charge < -0.3 is 19.6 Å². The van der Waals surface area contributed by atoms with Crippen LogP contribution >= 0.6 is 0 Å². The van der Waals surface area contributed by atoms with Gasteiger partial charge in [0, 0.05) is 45.0 Å². The van der Waals surface area contributed by atoms with Gasteiger partial charge in [0.05, 0.1) is 18.3 Å². The quantitative estimate of drug-likeness (QED) is 0.476. The zero-order chi connectivity index (χ0) is 22.8. The highest BCUT2D eigenvalue weighted by molar-refractivity contribution is 5.81. The third-order valence-corrected chi connectivity index (χ3v) is 6.29. The second-order valence-corrected chi connectivity index (χ2v) is 8.23. The molecule has 2 aromatic heterocycles. The van der Waals surface area contributed by atoms with E-state index < -0.39 is 0 Å². The van der Waals surface area contributed by atoms with Crippen LogP contribution in [0.25, 0.3) is 22.3 Å². The smallest absolute Gasteiger partial charge is 0.328 e. The van der Waals surface area contributed by atoms with E-state index in [1.54, 1.807) is 7.11 Å². The van der Waals surface area contributed by atoms with E-state index in [-0.39, 0.29) is 11.2 Å². The fraction of sp³-hybridized carbons (Fsp3) is 0.280. The molecule has 0 amide bonds. The minimum Gasteiger partial charge on any atom is -0.495 e. The van der Waals surface area contributed by atoms with Crippen LogP contribution < -0.4 is 20.9 Å². The molecule has 1 aliphatic heterocycles. The number of nitrogens with zero attached hydrogens (tertiary/aromatic N) is 3. The maximum atomic E-state index is 13.0. The van der Waals surface area contributed by atoms with Crippen molar-refractivity contribution in [3.8, 4) is 17.0 Å². The van der Waals surface area contributed by atoms with E-state index in [2.05, 4.69) is 25.8 Å². The standard InChI is InChI=1S/C25H27N5O3/c1-33-22-10-6-5-9-21(22)29-14-11-28(12-15-29)13-16-30-24(31)23-20(27-25(30)32)17-19(26-23)18-7-3-2-4-8-18/h2-10,17,26H,11-16H2,1H3,(H,27,32). The molecule has 8 heteroatoms. The first-order chi connectivity index (χ1) is 16.1. The topological polar surface area (TPSA) is 86.4 Å². The molecule has 4 aromatic rings. The Morgan fingerprint density at radius 3 is 2.36 bits per heavy atom. The summed E-state index contributed by atoms with van der Waals surface area (Å²) in [4.78, 5) is 36.3. The van der Waals surface area contributed by atoms with Gasteiger partial charge in [-0.2, -0.15) is 0 Å². The van der Waals surface area contributed by atoms with Crippen molar-refractivity contribution in [2.45, 2.75) is 6.54 Å². The van der Waals surface area contributed by atoms with Gasteiger partial charge in [-0.05, 0) is 23.8 Å². The lowest BCUT2D eigenvalue weighted by molar-refractivity contribution is 0.245. The highest BCUT2D eigenvalue weighted by Crippen LogP contribution is 2.28. The van der Waals surface area contributed by atoms with Crippen LogP contribution in [0.1, 0.15) is 0 Å². The van der Waals surface area contributed by atoms with Gasteiger partial charge in [0.2, 0.25) is 0 Å². The summed E-state index contributed by atoms with van der Waals surface area (Å²) in [5, 5.41) is 0. The summed E-state index contributed by atoms with van der Waals surface area (Å²) in [6.45, 7) is 4.42. The highest BCUT2D eigenvalue weighted by Gasteiger charge is 2.20. The minimum atomic E-state index is -0.376. The number of ether oxygens (including phenoxy) is 1. The molecule has 5 rings (SSSR count). The van der Waals surface area contributed by atoms with Crippen molar-refractivity contribution >= 4 is 16.7 Å². The molecule has 2 N–H and O–H groups in total. The molecule has 0 saturated carbocycles. The molecule has 0 aliphatic carbocycles. The van der Waals surface area contributed by atoms with Crippen LogP contribution in [0.5, 0.6) is 5.75 Å². The Bertz CT molecular complexity index is 1360. The van der Waals surface area contributed by atoms with Crippen LogP contribution in [0, 0.1) is 0 Å². The fourth-order valence-electron chi connectivity index (χ4n) is 4.45. The molecule has 2 aromatic carbocycles. The van der Waals surface area contributed by atoms with Crippen molar-refractivity contribution in [1.82, 2.24) is 19.4 Å². The van der Waals surface area contributed by atoms with Gasteiger partial charge in [0.1, 0.15) is 11.3 Å². The lowest BCUT2D eigenvalue weighted by Crippen LogP contribution is -2.48. The normalized spacial score (nSPS) is 14.6. The summed E-state index contributed by atoms with van der Waals surface area (Å²) in [7, 11) is 1.69. The number of aromatic amines is 2. The zero-order valence-electron chi connectivity index (χ0n) is 18.6. The number of nitrogens with one attached hydrogen (secondary N) is 2. The van der Waals surface area contributed by atoms with E-state index in [0.717, 1.165) is 48.9 Å². The van der Waals surface area contributed by atoms with Crippen molar-refractivity contribution in [3.05, 3.63) is 81.5 Å². The first kappa shape index (κ1) is 21.1. The maximum absolute atomic E-state index is 13.0. The molecule has 0 radical (unpaired) electrons. The third-order valence-electron chi connectivity index (χ3n) is 6.29. The van der Waals surface area contributed by atoms with Crippen LogP contribution in [-0.4, -0.2) is 59.3 Å². The molecule has 1 aliphatic rings. The van der Waals surface area contributed by atoms with Gasteiger partial charge in [-0.15, -0.1) is 0 Å². The Balaban J connectivity index is 1.28. The predicted molar refractivity (Wildman–Crippen MR) is 130 cm³/mol. The Hall–Kier alpha value is -3.78. The van der Waals surface area contributed by atoms with Gasteiger partial charge in [-0.3, -0.25) is 14.3 Å². The maximum Gasteiger partial charge on any atom is 0.328 e. The van der Waals surface area contributed by atoms with E-state index in [4.69, 9.17) is 4.74 Å². The first-order valence-electron chi connectivity index (χ1n) is 11.2. The molecule has 33 heavy (non-hydrogen) atoms. The number of H-pyrrole nitrogens is 2. The molecule has 1 fully saturated rings. The average molecular weight is 446 g/mol. The van der Waals surface area contributed by atoms with Crippen LogP contribution in [0.15, 0.2) is 70.3 Å². The largest absolute Gasteiger partial charge is 0.495 e. The van der Waals surface area contributed by atoms with E-state index in [1.165, 1.54) is 4.57 Å². The molecule has 0 atom stereocenters. The lowest BCUT2D eigenvalue weighted by atomic mass is 10.2. The van der Waals surface area contributed by atoms with Crippen molar-refractivity contribution in [3.63, 3.8) is 0 Å². The molecule has 3 heterocycles. The molecule has 0 unspecified atom stereocenters. The molecule has 1 saturated heterocycles. The number of benzene rings is 2. The van der Waals surface area contributed by atoms with Gasteiger partial charge in [-0.1, -0.05) is 42.5 Å². The molecule has 0 bridgehead atoms. The SMILES string of the molecule is COc1ccccc1N1CCN(CCn2c(=O)[nH]c3cc(-c4ccccc4)[nH]c3c2=O)CC1. The lowest BCUT2D eigenvalue weighted by Gasteiger charge is -2.36. The number of para-hydroxylation sites is 2. The van der Waals surface area contributed by atoms with Crippen LogP contribution in [0.4, 0.5) is 5.69 Å². The van der Waals surface area contributed by atoms with Crippen LogP contribution in [0.3, 0.4) is 0 Å². The van der Waals surface area contributed by atoms with Gasteiger partial charge >= 0.3 is 5.69 Å². The second kappa shape index (κ2) is 8.99. The summed E-state index contributed by atoms with van der Waals surface area (Å²) >= 11 is 0. The summed E-state index contributed by atoms with van der Waals surface area (Å²) < 4.78 is 6.78. The van der Waals surface area contributed by atoms with Gasteiger partial charge in [-0.25, -0.2) is 4.79 Å². The number of hydrogen-bond acceptors (Lipinski definition) is 5. The number of aromatic nitrogens is 3. The molecule has 170 valence electrons. The second-order valence-electron chi connectivity index (χ2n) is 8.23. The summed E-state index contributed by atoms with van der Waals surface area (Å²) in [6, 6.07) is 19.6. The van der Waals surface area contributed by atoms with Crippen LogP contribution in [0.2, 0.25) is 0 Å². The molecular formula is C25H27N5O3. The number of anilines is 1. The Kier molecular flexibility index (Phi) is 5.75.